The molecule has 31 heavy (non-hydrogen) atoms. The minimum Gasteiger partial charge on any atom is -0.504 e. The van der Waals surface area contributed by atoms with Crippen molar-refractivity contribution in [2.75, 3.05) is 13.7 Å². The van der Waals surface area contributed by atoms with Crippen LogP contribution in [0, 0.1) is 5.92 Å². The lowest BCUT2D eigenvalue weighted by atomic mass is 9.69. The van der Waals surface area contributed by atoms with Gasteiger partial charge in [0.15, 0.2) is 17.3 Å². The predicted octanol–water partition coefficient (Wildman–Crippen LogP) is 2.79. The van der Waals surface area contributed by atoms with Crippen molar-refractivity contribution in [3.63, 3.8) is 0 Å². The Labute approximate surface area is 178 Å². The van der Waals surface area contributed by atoms with Gasteiger partial charge in [0.1, 0.15) is 11.7 Å². The van der Waals surface area contributed by atoms with Crippen LogP contribution < -0.4 is 10.1 Å². The van der Waals surface area contributed by atoms with E-state index in [1.165, 1.54) is 19.4 Å². The molecule has 162 valence electrons. The number of nitrogens with one attached hydrogen (secondary N) is 1. The maximum atomic E-state index is 13.7. The number of furan rings is 1. The Balaban J connectivity index is 1.81. The average molecular weight is 425 g/mol. The number of ketones is 1. The highest BCUT2D eigenvalue weighted by Gasteiger charge is 2.48. The number of Topliss-reactive ketones (excluding diaryl/α,β-unsaturated/α-hetero) is 1. The first kappa shape index (κ1) is 20.7. The van der Waals surface area contributed by atoms with Gasteiger partial charge in [0.25, 0.3) is 0 Å². The fourth-order valence-electron chi connectivity index (χ4n) is 4.42. The normalized spacial score (nSPS) is 23.2. The number of phenolic OH excluding ortho intramolecular Hbond substituents is 1. The molecule has 3 atom stereocenters. The molecule has 1 amide bonds. The van der Waals surface area contributed by atoms with E-state index in [2.05, 4.69) is 5.32 Å². The van der Waals surface area contributed by atoms with E-state index >= 15 is 0 Å². The predicted molar refractivity (Wildman–Crippen MR) is 108 cm³/mol. The highest BCUT2D eigenvalue weighted by atomic mass is 16.5. The monoisotopic (exact) mass is 425 g/mol. The zero-order chi connectivity index (χ0) is 22.1. The summed E-state index contributed by atoms with van der Waals surface area (Å²) in [5.74, 6) is -2.76. The number of amides is 1. The summed E-state index contributed by atoms with van der Waals surface area (Å²) >= 11 is 0. The Morgan fingerprint density at radius 1 is 1.26 bits per heavy atom. The van der Waals surface area contributed by atoms with Crippen molar-refractivity contribution < 1.29 is 33.4 Å². The third-order valence-corrected chi connectivity index (χ3v) is 5.78. The van der Waals surface area contributed by atoms with Gasteiger partial charge in [-0.1, -0.05) is 6.07 Å². The Hall–Kier alpha value is -3.55. The van der Waals surface area contributed by atoms with Gasteiger partial charge in [-0.3, -0.25) is 14.4 Å². The van der Waals surface area contributed by atoms with Crippen LogP contribution in [0.5, 0.6) is 11.5 Å². The molecule has 4 rings (SSSR count). The minimum absolute atomic E-state index is 0.0411. The second-order valence-corrected chi connectivity index (χ2v) is 7.55. The molecule has 2 aliphatic rings. The van der Waals surface area contributed by atoms with Crippen LogP contribution in [0.3, 0.4) is 0 Å². The molecule has 2 heterocycles. The SMILES string of the molecule is CCOC(=O)[C@@H]1C(=O)C2=C(C[C@@H]1c1ccco1)NC(=O)C[C@@H]2c1ccc(O)c(OC)c1. The molecule has 0 saturated heterocycles. The third-order valence-electron chi connectivity index (χ3n) is 5.78. The summed E-state index contributed by atoms with van der Waals surface area (Å²) in [6.45, 7) is 1.83. The Kier molecular flexibility index (Phi) is 5.54. The van der Waals surface area contributed by atoms with Crippen LogP contribution in [0.1, 0.15) is 42.9 Å². The number of allylic oxidation sites excluding steroid dienone is 2. The number of benzene rings is 1. The average Bonchev–Trinajstić information content (AvgIpc) is 3.28. The largest absolute Gasteiger partial charge is 0.504 e. The van der Waals surface area contributed by atoms with Crippen LogP contribution in [0.4, 0.5) is 0 Å². The number of carbonyl (C=O) groups excluding carboxylic acids is 3. The number of methoxy groups -OCH3 is 1. The topological polar surface area (TPSA) is 115 Å². The fraction of sp³-hybridized carbons (Fsp3) is 0.348. The first-order valence-corrected chi connectivity index (χ1v) is 10.1. The van der Waals surface area contributed by atoms with Gasteiger partial charge < -0.3 is 24.3 Å². The molecule has 8 nitrogen and oxygen atoms in total. The molecular weight excluding hydrogens is 402 g/mol. The Morgan fingerprint density at radius 3 is 2.74 bits per heavy atom. The van der Waals surface area contributed by atoms with Crippen molar-refractivity contribution in [3.05, 3.63) is 59.2 Å². The summed E-state index contributed by atoms with van der Waals surface area (Å²) in [7, 11) is 1.42. The lowest BCUT2D eigenvalue weighted by molar-refractivity contribution is -0.152. The van der Waals surface area contributed by atoms with E-state index in [1.807, 2.05) is 0 Å². The molecule has 0 unspecified atom stereocenters. The first-order valence-electron chi connectivity index (χ1n) is 10.1. The summed E-state index contributed by atoms with van der Waals surface area (Å²) in [6, 6.07) is 8.12. The van der Waals surface area contributed by atoms with E-state index in [4.69, 9.17) is 13.9 Å². The molecule has 0 radical (unpaired) electrons. The van der Waals surface area contributed by atoms with Crippen LogP contribution in [0.15, 0.2) is 52.3 Å². The van der Waals surface area contributed by atoms with Gasteiger partial charge in [0.2, 0.25) is 5.91 Å². The standard InChI is InChI=1S/C23H23NO7/c1-3-30-23(28)21-14(17-5-4-8-31-17)10-15-20(22(21)27)13(11-19(26)24-15)12-6-7-16(25)18(9-12)29-2/h4-9,13-14,21,25H,3,10-11H2,1-2H3,(H,24,26)/t13-,14-,21+/m1/s1. The van der Waals surface area contributed by atoms with Crippen molar-refractivity contribution in [1.82, 2.24) is 5.32 Å². The lowest BCUT2D eigenvalue weighted by Crippen LogP contribution is -2.44. The number of carbonyl (C=O) groups is 3. The number of phenols is 1. The molecule has 2 N–H and O–H groups in total. The van der Waals surface area contributed by atoms with E-state index in [0.717, 1.165) is 0 Å². The number of ether oxygens (including phenoxy) is 2. The molecule has 1 aromatic heterocycles. The number of hydrogen-bond donors (Lipinski definition) is 2. The van der Waals surface area contributed by atoms with E-state index in [-0.39, 0.29) is 36.9 Å². The lowest BCUT2D eigenvalue weighted by Gasteiger charge is -2.37. The van der Waals surface area contributed by atoms with Crippen LogP contribution in [-0.2, 0) is 19.1 Å². The molecule has 0 spiro atoms. The van der Waals surface area contributed by atoms with Crippen molar-refractivity contribution >= 4 is 17.7 Å². The van der Waals surface area contributed by atoms with Gasteiger partial charge in [-0.25, -0.2) is 0 Å². The van der Waals surface area contributed by atoms with E-state index in [0.29, 0.717) is 22.6 Å². The summed E-state index contributed by atoms with van der Waals surface area (Å²) in [5, 5.41) is 12.7. The van der Waals surface area contributed by atoms with Gasteiger partial charge in [0.05, 0.1) is 20.0 Å². The number of esters is 1. The molecular formula is C23H23NO7. The van der Waals surface area contributed by atoms with Crippen LogP contribution in [0.25, 0.3) is 0 Å². The van der Waals surface area contributed by atoms with Gasteiger partial charge in [0, 0.05) is 29.5 Å². The third kappa shape index (κ3) is 3.69. The van der Waals surface area contributed by atoms with Crippen LogP contribution in [0.2, 0.25) is 0 Å². The quantitative estimate of drug-likeness (QED) is 0.559. The Morgan fingerprint density at radius 2 is 2.06 bits per heavy atom. The highest BCUT2D eigenvalue weighted by Crippen LogP contribution is 2.46. The zero-order valence-corrected chi connectivity index (χ0v) is 17.2. The summed E-state index contributed by atoms with van der Waals surface area (Å²) in [5.41, 5.74) is 1.51. The summed E-state index contributed by atoms with van der Waals surface area (Å²) < 4.78 is 15.9. The molecule has 0 saturated carbocycles. The molecule has 1 aliphatic heterocycles. The van der Waals surface area contributed by atoms with E-state index in [9.17, 15) is 19.5 Å². The maximum Gasteiger partial charge on any atom is 0.317 e. The fourth-order valence-corrected chi connectivity index (χ4v) is 4.42. The highest BCUT2D eigenvalue weighted by molar-refractivity contribution is 6.12. The van der Waals surface area contributed by atoms with Crippen molar-refractivity contribution in [2.45, 2.75) is 31.6 Å². The van der Waals surface area contributed by atoms with Gasteiger partial charge in [-0.2, -0.15) is 0 Å². The number of aromatic hydroxyl groups is 1. The maximum absolute atomic E-state index is 13.7. The van der Waals surface area contributed by atoms with Crippen molar-refractivity contribution in [1.29, 1.82) is 0 Å². The molecule has 1 aliphatic carbocycles. The molecule has 8 heteroatoms. The second-order valence-electron chi connectivity index (χ2n) is 7.55. The van der Waals surface area contributed by atoms with Gasteiger partial charge >= 0.3 is 5.97 Å². The van der Waals surface area contributed by atoms with E-state index in [1.54, 1.807) is 31.2 Å². The summed E-state index contributed by atoms with van der Waals surface area (Å²) in [6.07, 6.45) is 1.78. The van der Waals surface area contributed by atoms with Crippen LogP contribution in [-0.4, -0.2) is 36.5 Å². The molecule has 1 aromatic carbocycles. The number of rotatable bonds is 5. The second kappa shape index (κ2) is 8.29. The molecule has 0 bridgehead atoms. The molecule has 0 fully saturated rings. The van der Waals surface area contributed by atoms with Crippen molar-refractivity contribution in [3.8, 4) is 11.5 Å². The summed E-state index contributed by atoms with van der Waals surface area (Å²) in [4.78, 5) is 38.9. The first-order chi connectivity index (χ1) is 14.9. The van der Waals surface area contributed by atoms with E-state index < -0.39 is 29.5 Å². The zero-order valence-electron chi connectivity index (χ0n) is 17.2. The smallest absolute Gasteiger partial charge is 0.317 e. The number of hydrogen-bond acceptors (Lipinski definition) is 7. The minimum atomic E-state index is -1.07. The van der Waals surface area contributed by atoms with Gasteiger partial charge in [-0.05, 0) is 43.2 Å². The van der Waals surface area contributed by atoms with Gasteiger partial charge in [-0.15, -0.1) is 0 Å². The Bertz CT molecular complexity index is 1050. The van der Waals surface area contributed by atoms with Crippen LogP contribution >= 0.6 is 0 Å². The molecule has 2 aromatic rings. The van der Waals surface area contributed by atoms with Crippen molar-refractivity contribution in [2.24, 2.45) is 5.92 Å².